The molecule has 1 aliphatic rings. The topological polar surface area (TPSA) is 91.5 Å². The van der Waals surface area contributed by atoms with Crippen molar-refractivity contribution >= 4 is 5.96 Å². The maximum absolute atomic E-state index is 5.29. The highest BCUT2D eigenvalue weighted by atomic mass is 16.5. The summed E-state index contributed by atoms with van der Waals surface area (Å²) in [4.78, 5) is 15.4. The zero-order chi connectivity index (χ0) is 19.8. The van der Waals surface area contributed by atoms with E-state index in [2.05, 4.69) is 49.2 Å². The fourth-order valence-corrected chi connectivity index (χ4v) is 3.25. The summed E-state index contributed by atoms with van der Waals surface area (Å²) in [5.74, 6) is 1.91. The largest absolute Gasteiger partial charge is 0.356 e. The Labute approximate surface area is 166 Å². The van der Waals surface area contributed by atoms with Crippen LogP contribution >= 0.6 is 0 Å². The van der Waals surface area contributed by atoms with Gasteiger partial charge in [0, 0.05) is 51.9 Å². The van der Waals surface area contributed by atoms with Crippen molar-refractivity contribution < 1.29 is 4.52 Å². The van der Waals surface area contributed by atoms with Gasteiger partial charge in [0.25, 0.3) is 5.89 Å². The summed E-state index contributed by atoms with van der Waals surface area (Å²) in [7, 11) is 1.79. The molecule has 0 amide bonds. The predicted octanol–water partition coefficient (Wildman–Crippen LogP) is 1.88. The lowest BCUT2D eigenvalue weighted by atomic mass is 10.0. The minimum absolute atomic E-state index is 0.438. The summed E-state index contributed by atoms with van der Waals surface area (Å²) in [6, 6.07) is 6.04. The zero-order valence-corrected chi connectivity index (χ0v) is 16.7. The second kappa shape index (κ2) is 9.98. The second-order valence-electron chi connectivity index (χ2n) is 7.13. The number of pyridine rings is 1. The van der Waals surface area contributed by atoms with Gasteiger partial charge in [0.2, 0.25) is 0 Å². The van der Waals surface area contributed by atoms with E-state index in [-0.39, 0.29) is 0 Å². The van der Waals surface area contributed by atoms with Crippen LogP contribution in [0, 0.1) is 0 Å². The lowest BCUT2D eigenvalue weighted by Crippen LogP contribution is -2.49. The monoisotopic (exact) mass is 383 g/mol. The van der Waals surface area contributed by atoms with Gasteiger partial charge in [-0.3, -0.25) is 14.9 Å². The summed E-state index contributed by atoms with van der Waals surface area (Å²) < 4.78 is 5.29. The van der Waals surface area contributed by atoms with Gasteiger partial charge >= 0.3 is 0 Å². The van der Waals surface area contributed by atoms with Crippen LogP contribution < -0.4 is 10.6 Å². The molecule has 0 aliphatic carbocycles. The molecular weight excluding hydrogens is 354 g/mol. The van der Waals surface area contributed by atoms with Crippen LogP contribution in [0.1, 0.15) is 25.6 Å². The van der Waals surface area contributed by atoms with Crippen LogP contribution in [0.4, 0.5) is 0 Å². The van der Waals surface area contributed by atoms with E-state index in [1.165, 1.54) is 5.57 Å². The molecule has 1 aliphatic heterocycles. The molecule has 2 aromatic heterocycles. The number of nitrogens with one attached hydrogen (secondary N) is 2. The van der Waals surface area contributed by atoms with Crippen molar-refractivity contribution in [1.29, 1.82) is 0 Å². The van der Waals surface area contributed by atoms with Crippen LogP contribution in [0.3, 0.4) is 0 Å². The van der Waals surface area contributed by atoms with Crippen molar-refractivity contribution in [3.05, 3.63) is 42.4 Å². The van der Waals surface area contributed by atoms with Gasteiger partial charge in [-0.1, -0.05) is 23.4 Å². The van der Waals surface area contributed by atoms with Crippen LogP contribution in [-0.2, 0) is 6.42 Å². The van der Waals surface area contributed by atoms with Crippen LogP contribution in [0.25, 0.3) is 11.6 Å². The molecule has 3 heterocycles. The van der Waals surface area contributed by atoms with Crippen LogP contribution in [0.15, 0.2) is 46.1 Å². The standard InChI is InChI=1S/C20H29N7O/c1-15(2)14-27-12-8-16(9-13-27)24-20(21-3)23-11-7-18-25-19(28-26-18)17-6-4-5-10-22-17/h4-6,10,16H,1,7-9,11-14H2,2-3H3,(H2,21,23,24). The predicted molar refractivity (Wildman–Crippen MR) is 110 cm³/mol. The van der Waals surface area contributed by atoms with E-state index in [0.29, 0.717) is 36.4 Å². The highest BCUT2D eigenvalue weighted by molar-refractivity contribution is 5.79. The number of nitrogens with zero attached hydrogens (tertiary/aromatic N) is 5. The Bertz CT molecular complexity index is 779. The van der Waals surface area contributed by atoms with Crippen LogP contribution in [0.2, 0.25) is 0 Å². The van der Waals surface area contributed by atoms with E-state index >= 15 is 0 Å². The molecule has 2 N–H and O–H groups in total. The number of aromatic nitrogens is 3. The van der Waals surface area contributed by atoms with Crippen molar-refractivity contribution in [3.8, 4) is 11.6 Å². The quantitative estimate of drug-likeness (QED) is 0.428. The molecule has 0 aromatic carbocycles. The Balaban J connectivity index is 1.40. The number of likely N-dealkylation sites (tertiary alicyclic amines) is 1. The Kier molecular flexibility index (Phi) is 7.13. The van der Waals surface area contributed by atoms with Crippen LogP contribution in [-0.4, -0.2) is 65.3 Å². The van der Waals surface area contributed by atoms with Gasteiger partial charge in [0.1, 0.15) is 5.69 Å². The zero-order valence-electron chi connectivity index (χ0n) is 16.7. The highest BCUT2D eigenvalue weighted by Gasteiger charge is 2.19. The first-order valence-electron chi connectivity index (χ1n) is 9.72. The van der Waals surface area contributed by atoms with E-state index in [1.807, 2.05) is 18.2 Å². The summed E-state index contributed by atoms with van der Waals surface area (Å²) in [6.07, 6.45) is 4.56. The summed E-state index contributed by atoms with van der Waals surface area (Å²) in [6.45, 7) is 9.92. The first kappa shape index (κ1) is 20.0. The third kappa shape index (κ3) is 5.88. The molecule has 3 rings (SSSR count). The fourth-order valence-electron chi connectivity index (χ4n) is 3.25. The molecule has 28 heavy (non-hydrogen) atoms. The van der Waals surface area contributed by atoms with Gasteiger partial charge in [0.15, 0.2) is 11.8 Å². The number of guanidine groups is 1. The second-order valence-corrected chi connectivity index (χ2v) is 7.13. The Morgan fingerprint density at radius 2 is 2.18 bits per heavy atom. The number of aliphatic imine (C=N–C) groups is 1. The van der Waals surface area contributed by atoms with Gasteiger partial charge in [-0.2, -0.15) is 4.98 Å². The molecule has 8 heteroatoms. The van der Waals surface area contributed by atoms with Gasteiger partial charge in [-0.05, 0) is 31.9 Å². The van der Waals surface area contributed by atoms with E-state index in [1.54, 1.807) is 13.2 Å². The maximum atomic E-state index is 5.29. The third-order valence-electron chi connectivity index (χ3n) is 4.64. The minimum Gasteiger partial charge on any atom is -0.356 e. The van der Waals surface area contributed by atoms with E-state index in [4.69, 9.17) is 4.52 Å². The molecule has 0 atom stereocenters. The average molecular weight is 384 g/mol. The Morgan fingerprint density at radius 3 is 2.86 bits per heavy atom. The highest BCUT2D eigenvalue weighted by Crippen LogP contribution is 2.13. The van der Waals surface area contributed by atoms with E-state index < -0.39 is 0 Å². The van der Waals surface area contributed by atoms with Crippen molar-refractivity contribution in [2.24, 2.45) is 4.99 Å². The molecule has 0 radical (unpaired) electrons. The SMILES string of the molecule is C=C(C)CN1CCC(NC(=NC)NCCc2noc(-c3ccccn3)n2)CC1. The molecule has 0 saturated carbocycles. The third-order valence-corrected chi connectivity index (χ3v) is 4.64. The Hall–Kier alpha value is -2.74. The van der Waals surface area contributed by atoms with Crippen molar-refractivity contribution in [1.82, 2.24) is 30.7 Å². The molecule has 1 saturated heterocycles. The molecular formula is C20H29N7O. The molecule has 0 unspecified atom stereocenters. The van der Waals surface area contributed by atoms with Crippen molar-refractivity contribution in [2.45, 2.75) is 32.2 Å². The molecule has 1 fully saturated rings. The fraction of sp³-hybridized carbons (Fsp3) is 0.500. The van der Waals surface area contributed by atoms with Gasteiger partial charge < -0.3 is 15.2 Å². The molecule has 0 bridgehead atoms. The summed E-state index contributed by atoms with van der Waals surface area (Å²) in [5, 5.41) is 10.9. The number of piperidine rings is 1. The van der Waals surface area contributed by atoms with Gasteiger partial charge in [0.05, 0.1) is 0 Å². The minimum atomic E-state index is 0.438. The summed E-state index contributed by atoms with van der Waals surface area (Å²) >= 11 is 0. The maximum Gasteiger partial charge on any atom is 0.276 e. The first-order chi connectivity index (χ1) is 13.6. The lowest BCUT2D eigenvalue weighted by Gasteiger charge is -2.33. The molecule has 0 spiro atoms. The van der Waals surface area contributed by atoms with E-state index in [9.17, 15) is 0 Å². The average Bonchev–Trinajstić information content (AvgIpc) is 3.18. The van der Waals surface area contributed by atoms with Crippen molar-refractivity contribution in [2.75, 3.05) is 33.2 Å². The molecule has 150 valence electrons. The van der Waals surface area contributed by atoms with Gasteiger partial charge in [-0.15, -0.1) is 0 Å². The number of rotatable bonds is 7. The van der Waals surface area contributed by atoms with Crippen molar-refractivity contribution in [3.63, 3.8) is 0 Å². The summed E-state index contributed by atoms with van der Waals surface area (Å²) in [5.41, 5.74) is 1.90. The lowest BCUT2D eigenvalue weighted by molar-refractivity contribution is 0.221. The number of hydrogen-bond donors (Lipinski definition) is 2. The number of hydrogen-bond acceptors (Lipinski definition) is 6. The molecule has 2 aromatic rings. The first-order valence-corrected chi connectivity index (χ1v) is 9.72. The Morgan fingerprint density at radius 1 is 1.36 bits per heavy atom. The van der Waals surface area contributed by atoms with E-state index in [0.717, 1.165) is 38.4 Å². The smallest absolute Gasteiger partial charge is 0.276 e. The van der Waals surface area contributed by atoms with Crippen LogP contribution in [0.5, 0.6) is 0 Å². The molecule has 8 nitrogen and oxygen atoms in total. The normalized spacial score (nSPS) is 16.1. The van der Waals surface area contributed by atoms with Gasteiger partial charge in [-0.25, -0.2) is 0 Å².